The Morgan fingerprint density at radius 3 is 2.19 bits per heavy atom. The number of imidazole rings is 1. The molecule has 14 nitrogen and oxygen atoms in total. The predicted octanol–water partition coefficient (Wildman–Crippen LogP) is 4.04. The molecule has 53 heavy (non-hydrogen) atoms. The fraction of sp³-hybridized carbons (Fsp3) is 0.487. The van der Waals surface area contributed by atoms with Gasteiger partial charge in [0.2, 0.25) is 11.8 Å². The number of primary amides is 1. The topological polar surface area (TPSA) is 164 Å². The number of rotatable bonds is 7. The first-order chi connectivity index (χ1) is 25.7. The summed E-state index contributed by atoms with van der Waals surface area (Å²) < 4.78 is 3.10. The molecule has 2 aromatic carbocycles. The maximum atomic E-state index is 12.7. The van der Waals surface area contributed by atoms with Crippen LogP contribution in [0.15, 0.2) is 53.5 Å². The number of nitrogens with one attached hydrogen (secondary N) is 2. The fourth-order valence-electron chi connectivity index (χ4n) is 7.99. The number of fused-ring (bicyclic) bond motifs is 1. The van der Waals surface area contributed by atoms with Gasteiger partial charge in [0.05, 0.1) is 17.2 Å². The lowest BCUT2D eigenvalue weighted by molar-refractivity contribution is -0.135. The van der Waals surface area contributed by atoms with Crippen molar-refractivity contribution >= 4 is 51.8 Å². The average molecular weight is 723 g/mol. The minimum absolute atomic E-state index is 0.171. The third-order valence-electron chi connectivity index (χ3n) is 11.1. The Balaban J connectivity index is 0.000000167. The van der Waals surface area contributed by atoms with Gasteiger partial charge in [0.15, 0.2) is 11.5 Å². The van der Waals surface area contributed by atoms with E-state index in [4.69, 9.17) is 5.73 Å². The molecule has 4 aliphatic heterocycles. The molecule has 280 valence electrons. The number of likely N-dealkylation sites (tertiary alicyclic amines) is 1. The number of nitrogens with zero attached hydrogens (tertiary/aromatic N) is 7. The standard InChI is InChI=1S/C22H30N6O.C17H20N4O3/c1-27-13-9-17(10-14-27)16-5-7-18(8-6-16)25-22-20(21(23)29)24-15-19(26-22)28-11-3-2-4-12-28;1-19-14-10-11(20-8-2-3-9-20)4-5-12(14)21(17(19)24)13-6-7-15(22)18-16(13)23/h5-8,15,17H,2-4,9-14H2,1H3,(H2,23,29)(H,25,26);4-5,10,13H,2-3,6-9H2,1H3,(H,18,22,23). The summed E-state index contributed by atoms with van der Waals surface area (Å²) in [6, 6.07) is 13.8. The molecule has 4 fully saturated rings. The number of carbonyl (C=O) groups is 3. The zero-order chi connectivity index (χ0) is 37.1. The number of aromatic nitrogens is 4. The van der Waals surface area contributed by atoms with Gasteiger partial charge in [-0.25, -0.2) is 14.8 Å². The van der Waals surface area contributed by atoms with E-state index >= 15 is 0 Å². The Labute approximate surface area is 309 Å². The number of aryl methyl sites for hydroxylation is 1. The van der Waals surface area contributed by atoms with Crippen LogP contribution in [-0.2, 0) is 16.6 Å². The summed E-state index contributed by atoms with van der Waals surface area (Å²) in [6.45, 7) is 6.29. The minimum Gasteiger partial charge on any atom is -0.371 e. The molecule has 1 atom stereocenters. The van der Waals surface area contributed by atoms with Gasteiger partial charge in [0.1, 0.15) is 11.9 Å². The molecule has 4 N–H and O–H groups in total. The summed E-state index contributed by atoms with van der Waals surface area (Å²) in [5.74, 6) is 0.579. The summed E-state index contributed by atoms with van der Waals surface area (Å²) in [6.07, 6.45) is 10.6. The molecule has 6 heterocycles. The van der Waals surface area contributed by atoms with Gasteiger partial charge < -0.3 is 25.8 Å². The fourth-order valence-corrected chi connectivity index (χ4v) is 7.99. The van der Waals surface area contributed by atoms with Gasteiger partial charge in [0, 0.05) is 51.0 Å². The summed E-state index contributed by atoms with van der Waals surface area (Å²) in [7, 11) is 3.90. The molecule has 4 saturated heterocycles. The third-order valence-corrected chi connectivity index (χ3v) is 11.1. The van der Waals surface area contributed by atoms with E-state index < -0.39 is 17.9 Å². The van der Waals surface area contributed by atoms with Crippen LogP contribution in [0.5, 0.6) is 0 Å². The van der Waals surface area contributed by atoms with Crippen LogP contribution in [0.25, 0.3) is 11.0 Å². The van der Waals surface area contributed by atoms with Gasteiger partial charge in [-0.1, -0.05) is 12.1 Å². The van der Waals surface area contributed by atoms with E-state index in [2.05, 4.69) is 54.5 Å². The molecule has 2 aromatic heterocycles. The quantitative estimate of drug-likeness (QED) is 0.237. The van der Waals surface area contributed by atoms with Crippen molar-refractivity contribution in [1.82, 2.24) is 29.3 Å². The first-order valence-corrected chi connectivity index (χ1v) is 18.9. The molecule has 0 aliphatic carbocycles. The van der Waals surface area contributed by atoms with Crippen LogP contribution in [0.4, 0.5) is 23.0 Å². The van der Waals surface area contributed by atoms with Crippen molar-refractivity contribution in [3.8, 4) is 0 Å². The highest BCUT2D eigenvalue weighted by atomic mass is 16.2. The van der Waals surface area contributed by atoms with Crippen LogP contribution in [0.1, 0.15) is 85.8 Å². The lowest BCUT2D eigenvalue weighted by Crippen LogP contribution is -2.44. The van der Waals surface area contributed by atoms with Crippen molar-refractivity contribution in [1.29, 1.82) is 0 Å². The lowest BCUT2D eigenvalue weighted by Gasteiger charge is -2.29. The highest BCUT2D eigenvalue weighted by Gasteiger charge is 2.31. The molecule has 0 radical (unpaired) electrons. The summed E-state index contributed by atoms with van der Waals surface area (Å²) in [4.78, 5) is 64.0. The van der Waals surface area contributed by atoms with Crippen LogP contribution in [-0.4, -0.2) is 88.0 Å². The van der Waals surface area contributed by atoms with Gasteiger partial charge in [-0.05, 0) is 113 Å². The predicted molar refractivity (Wildman–Crippen MR) is 206 cm³/mol. The van der Waals surface area contributed by atoms with Gasteiger partial charge in [-0.2, -0.15) is 0 Å². The Morgan fingerprint density at radius 1 is 0.830 bits per heavy atom. The SMILES string of the molecule is CN1CCC(c2ccc(Nc3nc(N4CCCCC4)cnc3C(N)=O)cc2)CC1.Cn1c(=O)n(C2CCC(=O)NC2=O)c2ccc(N3CCCC3)cc21. The molecular formula is C39H50N10O4. The smallest absolute Gasteiger partial charge is 0.329 e. The number of hydrogen-bond acceptors (Lipinski definition) is 10. The van der Waals surface area contributed by atoms with Crippen LogP contribution in [0.2, 0.25) is 0 Å². The second-order valence-electron chi connectivity index (χ2n) is 14.7. The highest BCUT2D eigenvalue weighted by Crippen LogP contribution is 2.30. The lowest BCUT2D eigenvalue weighted by atomic mass is 9.89. The molecule has 0 saturated carbocycles. The Hall–Kier alpha value is -5.24. The Morgan fingerprint density at radius 2 is 1.51 bits per heavy atom. The molecule has 4 aromatic rings. The second kappa shape index (κ2) is 15.8. The third kappa shape index (κ3) is 7.92. The van der Waals surface area contributed by atoms with Crippen molar-refractivity contribution in [3.63, 3.8) is 0 Å². The van der Waals surface area contributed by atoms with Gasteiger partial charge in [-0.15, -0.1) is 0 Å². The normalized spacial score (nSPS) is 19.9. The number of carbonyl (C=O) groups excluding carboxylic acids is 3. The number of hydrogen-bond donors (Lipinski definition) is 3. The van der Waals surface area contributed by atoms with Gasteiger partial charge >= 0.3 is 5.69 Å². The summed E-state index contributed by atoms with van der Waals surface area (Å²) in [5.41, 5.74) is 10.4. The van der Waals surface area contributed by atoms with E-state index in [1.807, 2.05) is 30.3 Å². The van der Waals surface area contributed by atoms with E-state index in [0.717, 1.165) is 80.3 Å². The first-order valence-electron chi connectivity index (χ1n) is 18.9. The van der Waals surface area contributed by atoms with E-state index in [1.165, 1.54) is 42.2 Å². The molecular weight excluding hydrogens is 672 g/mol. The maximum Gasteiger partial charge on any atom is 0.329 e. The van der Waals surface area contributed by atoms with Gasteiger partial charge in [0.25, 0.3) is 5.91 Å². The number of benzene rings is 2. The molecule has 4 aliphatic rings. The number of imide groups is 1. The molecule has 3 amide bonds. The van der Waals surface area contributed by atoms with Crippen molar-refractivity contribution in [2.75, 3.05) is 61.4 Å². The Bertz CT molecular complexity index is 2020. The molecule has 0 spiro atoms. The van der Waals surface area contributed by atoms with E-state index in [1.54, 1.807) is 17.8 Å². The van der Waals surface area contributed by atoms with Crippen molar-refractivity contribution in [2.45, 2.75) is 69.7 Å². The maximum absolute atomic E-state index is 12.7. The largest absolute Gasteiger partial charge is 0.371 e. The van der Waals surface area contributed by atoms with E-state index in [0.29, 0.717) is 18.2 Å². The number of nitrogens with two attached hydrogens (primary N) is 1. The first kappa shape index (κ1) is 36.1. The van der Waals surface area contributed by atoms with E-state index in [-0.39, 0.29) is 23.7 Å². The van der Waals surface area contributed by atoms with Crippen molar-refractivity contribution < 1.29 is 14.4 Å². The molecule has 1 unspecified atom stereocenters. The molecule has 8 rings (SSSR count). The van der Waals surface area contributed by atoms with Crippen LogP contribution in [0.3, 0.4) is 0 Å². The van der Waals surface area contributed by atoms with Crippen LogP contribution >= 0.6 is 0 Å². The van der Waals surface area contributed by atoms with Crippen LogP contribution < -0.4 is 31.9 Å². The molecule has 14 heteroatoms. The zero-order valence-corrected chi connectivity index (χ0v) is 30.7. The van der Waals surface area contributed by atoms with E-state index in [9.17, 15) is 19.2 Å². The Kier molecular flexibility index (Phi) is 10.8. The van der Waals surface area contributed by atoms with Gasteiger partial charge in [-0.3, -0.25) is 28.8 Å². The van der Waals surface area contributed by atoms with Crippen LogP contribution in [0, 0.1) is 0 Å². The van der Waals surface area contributed by atoms with Crippen molar-refractivity contribution in [3.05, 3.63) is 70.4 Å². The second-order valence-corrected chi connectivity index (χ2v) is 14.7. The summed E-state index contributed by atoms with van der Waals surface area (Å²) in [5, 5.41) is 5.59. The highest BCUT2D eigenvalue weighted by molar-refractivity contribution is 6.00. The average Bonchev–Trinajstić information content (AvgIpc) is 3.80. The monoisotopic (exact) mass is 722 g/mol. The minimum atomic E-state index is -0.628. The summed E-state index contributed by atoms with van der Waals surface area (Å²) >= 11 is 0. The van der Waals surface area contributed by atoms with Crippen molar-refractivity contribution in [2.24, 2.45) is 12.8 Å². The number of piperidine rings is 3. The number of amides is 3. The molecule has 0 bridgehead atoms. The zero-order valence-electron chi connectivity index (χ0n) is 30.7. The number of anilines is 4.